The van der Waals surface area contributed by atoms with Crippen molar-refractivity contribution in [2.45, 2.75) is 32.9 Å². The molecule has 0 amide bonds. The summed E-state index contributed by atoms with van der Waals surface area (Å²) in [6, 6.07) is 2.35. The molecule has 0 saturated heterocycles. The Morgan fingerprint density at radius 3 is 2.69 bits per heavy atom. The van der Waals surface area contributed by atoms with Crippen LogP contribution in [-0.2, 0) is 0 Å². The molecule has 0 radical (unpaired) electrons. The monoisotopic (exact) mass is 236 g/mol. The zero-order valence-electron chi connectivity index (χ0n) is 9.71. The van der Waals surface area contributed by atoms with Crippen molar-refractivity contribution in [3.63, 3.8) is 0 Å². The lowest BCUT2D eigenvalue weighted by molar-refractivity contribution is 0.223. The molecule has 3 nitrogen and oxygen atoms in total. The molecule has 2 aromatic heterocycles. The number of aromatic nitrogens is 2. The van der Waals surface area contributed by atoms with Gasteiger partial charge in [0, 0.05) is 22.7 Å². The minimum absolute atomic E-state index is 0.324. The van der Waals surface area contributed by atoms with Crippen molar-refractivity contribution in [3.8, 4) is 0 Å². The SMILES string of the molecule is Cc1ccsc1C(O)c1cnn(C(C)C)c1. The summed E-state index contributed by atoms with van der Waals surface area (Å²) in [4.78, 5) is 1.00. The number of rotatable bonds is 3. The van der Waals surface area contributed by atoms with E-state index in [9.17, 15) is 5.11 Å². The largest absolute Gasteiger partial charge is 0.383 e. The van der Waals surface area contributed by atoms with Crippen molar-refractivity contribution in [3.05, 3.63) is 39.8 Å². The Morgan fingerprint density at radius 1 is 1.44 bits per heavy atom. The maximum atomic E-state index is 10.2. The van der Waals surface area contributed by atoms with Gasteiger partial charge in [-0.05, 0) is 37.8 Å². The van der Waals surface area contributed by atoms with Gasteiger partial charge >= 0.3 is 0 Å². The number of hydrogen-bond donors (Lipinski definition) is 1. The van der Waals surface area contributed by atoms with Crippen LogP contribution in [0.5, 0.6) is 0 Å². The van der Waals surface area contributed by atoms with Crippen LogP contribution in [0, 0.1) is 6.92 Å². The third-order valence-corrected chi connectivity index (χ3v) is 3.69. The lowest BCUT2D eigenvalue weighted by Crippen LogP contribution is -2.01. The van der Waals surface area contributed by atoms with Crippen LogP contribution in [0.25, 0.3) is 0 Å². The molecule has 0 aliphatic heterocycles. The first-order valence-corrected chi connectivity index (χ1v) is 6.23. The fourth-order valence-electron chi connectivity index (χ4n) is 1.59. The maximum absolute atomic E-state index is 10.2. The Morgan fingerprint density at radius 2 is 2.19 bits per heavy atom. The van der Waals surface area contributed by atoms with Crippen LogP contribution in [0.4, 0.5) is 0 Å². The summed E-state index contributed by atoms with van der Waals surface area (Å²) in [7, 11) is 0. The van der Waals surface area contributed by atoms with Crippen LogP contribution in [0.1, 0.15) is 42.0 Å². The Hall–Kier alpha value is -1.13. The average molecular weight is 236 g/mol. The number of aryl methyl sites for hydroxylation is 1. The van der Waals surface area contributed by atoms with Crippen molar-refractivity contribution in [1.82, 2.24) is 9.78 Å². The van der Waals surface area contributed by atoms with Crippen molar-refractivity contribution in [1.29, 1.82) is 0 Å². The van der Waals surface area contributed by atoms with E-state index in [-0.39, 0.29) is 0 Å². The molecule has 1 unspecified atom stereocenters. The molecule has 0 aromatic carbocycles. The number of nitrogens with zero attached hydrogens (tertiary/aromatic N) is 2. The topological polar surface area (TPSA) is 38.1 Å². The summed E-state index contributed by atoms with van der Waals surface area (Å²) in [5.74, 6) is 0. The highest BCUT2D eigenvalue weighted by Crippen LogP contribution is 2.29. The van der Waals surface area contributed by atoms with Crippen LogP contribution in [0.2, 0.25) is 0 Å². The third-order valence-electron chi connectivity index (χ3n) is 2.62. The van der Waals surface area contributed by atoms with E-state index in [0.29, 0.717) is 6.04 Å². The molecule has 0 bridgehead atoms. The summed E-state index contributed by atoms with van der Waals surface area (Å²) < 4.78 is 1.86. The number of thiophene rings is 1. The lowest BCUT2D eigenvalue weighted by Gasteiger charge is -2.08. The number of aliphatic hydroxyl groups is 1. The molecule has 0 fully saturated rings. The van der Waals surface area contributed by atoms with E-state index in [4.69, 9.17) is 0 Å². The summed E-state index contributed by atoms with van der Waals surface area (Å²) in [5.41, 5.74) is 1.99. The lowest BCUT2D eigenvalue weighted by atomic mass is 10.1. The molecule has 1 atom stereocenters. The van der Waals surface area contributed by atoms with Gasteiger partial charge in [-0.2, -0.15) is 5.10 Å². The first-order valence-electron chi connectivity index (χ1n) is 5.35. The molecular weight excluding hydrogens is 220 g/mol. The second kappa shape index (κ2) is 4.39. The van der Waals surface area contributed by atoms with Crippen LogP contribution in [0.3, 0.4) is 0 Å². The standard InChI is InChI=1S/C12H16N2OS/c1-8(2)14-7-10(6-13-14)11(15)12-9(3)4-5-16-12/h4-8,11,15H,1-3H3. The van der Waals surface area contributed by atoms with Crippen LogP contribution >= 0.6 is 11.3 Å². The average Bonchev–Trinajstić information content (AvgIpc) is 2.84. The van der Waals surface area contributed by atoms with Gasteiger partial charge in [-0.3, -0.25) is 4.68 Å². The van der Waals surface area contributed by atoms with Crippen LogP contribution < -0.4 is 0 Å². The molecule has 4 heteroatoms. The number of hydrogen-bond acceptors (Lipinski definition) is 3. The molecule has 1 N–H and O–H groups in total. The van der Waals surface area contributed by atoms with Gasteiger partial charge in [0.05, 0.1) is 6.20 Å². The zero-order valence-corrected chi connectivity index (χ0v) is 10.5. The minimum Gasteiger partial charge on any atom is -0.383 e. The van der Waals surface area contributed by atoms with Gasteiger partial charge in [0.2, 0.25) is 0 Å². The van der Waals surface area contributed by atoms with E-state index in [1.807, 2.05) is 29.2 Å². The Labute approximate surface area is 99.4 Å². The fraction of sp³-hybridized carbons (Fsp3) is 0.417. The maximum Gasteiger partial charge on any atom is 0.116 e. The van der Waals surface area contributed by atoms with E-state index in [1.54, 1.807) is 17.5 Å². The molecule has 0 aliphatic rings. The van der Waals surface area contributed by atoms with Crippen molar-refractivity contribution < 1.29 is 5.11 Å². The first kappa shape index (κ1) is 11.4. The molecule has 2 rings (SSSR count). The van der Waals surface area contributed by atoms with E-state index >= 15 is 0 Å². The molecule has 2 heterocycles. The van der Waals surface area contributed by atoms with Gasteiger partial charge in [-0.15, -0.1) is 11.3 Å². The molecule has 16 heavy (non-hydrogen) atoms. The normalized spacial score (nSPS) is 13.3. The molecule has 86 valence electrons. The summed E-state index contributed by atoms with van der Waals surface area (Å²) in [5, 5.41) is 16.5. The fourth-order valence-corrected chi connectivity index (χ4v) is 2.53. The van der Waals surface area contributed by atoms with Crippen molar-refractivity contribution in [2.75, 3.05) is 0 Å². The Kier molecular flexibility index (Phi) is 3.12. The summed E-state index contributed by atoms with van der Waals surface area (Å²) in [6.45, 7) is 6.15. The smallest absolute Gasteiger partial charge is 0.116 e. The van der Waals surface area contributed by atoms with Gasteiger partial charge in [0.1, 0.15) is 6.10 Å². The zero-order chi connectivity index (χ0) is 11.7. The molecule has 2 aromatic rings. The highest BCUT2D eigenvalue weighted by Gasteiger charge is 2.16. The van der Waals surface area contributed by atoms with Crippen LogP contribution in [0.15, 0.2) is 23.8 Å². The van der Waals surface area contributed by atoms with E-state index in [0.717, 1.165) is 16.0 Å². The van der Waals surface area contributed by atoms with Crippen molar-refractivity contribution >= 4 is 11.3 Å². The number of aliphatic hydroxyl groups excluding tert-OH is 1. The van der Waals surface area contributed by atoms with Gasteiger partial charge < -0.3 is 5.11 Å². The van der Waals surface area contributed by atoms with Gasteiger partial charge in [-0.25, -0.2) is 0 Å². The quantitative estimate of drug-likeness (QED) is 0.889. The van der Waals surface area contributed by atoms with E-state index in [2.05, 4.69) is 18.9 Å². The predicted molar refractivity (Wildman–Crippen MR) is 65.7 cm³/mol. The van der Waals surface area contributed by atoms with Crippen molar-refractivity contribution in [2.24, 2.45) is 0 Å². The molecule has 0 spiro atoms. The second-order valence-corrected chi connectivity index (χ2v) is 5.17. The Balaban J connectivity index is 2.27. The Bertz CT molecular complexity index is 473. The van der Waals surface area contributed by atoms with Gasteiger partial charge in [0.25, 0.3) is 0 Å². The molecule has 0 saturated carbocycles. The molecule has 0 aliphatic carbocycles. The summed E-state index contributed by atoms with van der Waals surface area (Å²) >= 11 is 1.58. The highest BCUT2D eigenvalue weighted by atomic mass is 32.1. The van der Waals surface area contributed by atoms with Crippen LogP contribution in [-0.4, -0.2) is 14.9 Å². The van der Waals surface area contributed by atoms with Gasteiger partial charge in [-0.1, -0.05) is 0 Å². The second-order valence-electron chi connectivity index (χ2n) is 4.22. The van der Waals surface area contributed by atoms with E-state index < -0.39 is 6.10 Å². The third kappa shape index (κ3) is 2.03. The minimum atomic E-state index is -0.549. The first-order chi connectivity index (χ1) is 7.59. The van der Waals surface area contributed by atoms with Gasteiger partial charge in [0.15, 0.2) is 0 Å². The summed E-state index contributed by atoms with van der Waals surface area (Å²) in [6.07, 6.45) is 3.10. The molecular formula is C12H16N2OS. The van der Waals surface area contributed by atoms with E-state index in [1.165, 1.54) is 0 Å². The highest BCUT2D eigenvalue weighted by molar-refractivity contribution is 7.10. The predicted octanol–water partition coefficient (Wildman–Crippen LogP) is 2.92.